The number of aromatic amines is 1. The highest BCUT2D eigenvalue weighted by Crippen LogP contribution is 2.28. The van der Waals surface area contributed by atoms with Crippen LogP contribution in [0.3, 0.4) is 0 Å². The minimum absolute atomic E-state index is 0.115. The van der Waals surface area contributed by atoms with Gasteiger partial charge < -0.3 is 20.9 Å². The number of nitrogens with zero attached hydrogens (tertiary/aromatic N) is 1. The lowest BCUT2D eigenvalue weighted by Crippen LogP contribution is -2.48. The van der Waals surface area contributed by atoms with E-state index in [2.05, 4.69) is 16.0 Å². The van der Waals surface area contributed by atoms with Crippen molar-refractivity contribution in [2.24, 2.45) is 5.92 Å². The van der Waals surface area contributed by atoms with Crippen LogP contribution in [-0.4, -0.2) is 40.3 Å². The van der Waals surface area contributed by atoms with Crippen LogP contribution < -0.4 is 16.0 Å². The van der Waals surface area contributed by atoms with Gasteiger partial charge >= 0.3 is 6.18 Å². The van der Waals surface area contributed by atoms with Gasteiger partial charge in [0.05, 0.1) is 6.07 Å². The highest BCUT2D eigenvalue weighted by atomic mass is 19.4. The smallest absolute Gasteiger partial charge is 0.351 e. The van der Waals surface area contributed by atoms with Gasteiger partial charge in [0.25, 0.3) is 5.91 Å². The highest BCUT2D eigenvalue weighted by molar-refractivity contribution is 5.96. The summed E-state index contributed by atoms with van der Waals surface area (Å²) in [6, 6.07) is 1.54. The molecule has 1 aromatic heterocycles. The molecule has 4 N–H and O–H groups in total. The number of halogens is 3. The first-order chi connectivity index (χ1) is 13.3. The number of H-pyrrole nitrogens is 1. The van der Waals surface area contributed by atoms with E-state index >= 15 is 0 Å². The number of nitrogens with one attached hydrogen (secondary N) is 4. The normalized spacial score (nSPS) is 20.3. The SMILES string of the molecule is CC(NC(=O)c1ccc(C(F)(F)F)[nH]1)C(=O)N[C@H](C#N)C[C@@H]1CC(C)(C)NC1=O. The molecule has 1 aromatic rings. The molecule has 158 valence electrons. The fraction of sp³-hybridized carbons (Fsp3) is 0.556. The summed E-state index contributed by atoms with van der Waals surface area (Å²) < 4.78 is 37.8. The molecule has 1 saturated heterocycles. The summed E-state index contributed by atoms with van der Waals surface area (Å²) in [7, 11) is 0. The van der Waals surface area contributed by atoms with E-state index in [4.69, 9.17) is 0 Å². The third kappa shape index (κ3) is 5.73. The molecule has 1 aliphatic rings. The molecule has 0 aromatic carbocycles. The van der Waals surface area contributed by atoms with Gasteiger partial charge in [0, 0.05) is 11.5 Å². The number of hydrogen-bond acceptors (Lipinski definition) is 4. The standard InChI is InChI=1S/C18H22F3N5O3/c1-9(23-16(29)12-4-5-13(25-12)18(19,20)21)14(27)24-11(8-22)6-10-7-17(2,3)26-15(10)28/h4-5,9-11,25H,6-7H2,1-3H3,(H,23,29)(H,24,27)(H,26,28)/t9?,10-,11+/m1/s1. The summed E-state index contributed by atoms with van der Waals surface area (Å²) >= 11 is 0. The maximum Gasteiger partial charge on any atom is 0.431 e. The predicted octanol–water partition coefficient (Wildman–Crippen LogP) is 1.46. The Morgan fingerprint density at radius 1 is 1.34 bits per heavy atom. The van der Waals surface area contributed by atoms with E-state index in [1.54, 1.807) is 0 Å². The number of amides is 3. The first-order valence-corrected chi connectivity index (χ1v) is 8.91. The lowest BCUT2D eigenvalue weighted by molar-refractivity contribution is -0.140. The van der Waals surface area contributed by atoms with Crippen LogP contribution in [0.4, 0.5) is 13.2 Å². The van der Waals surface area contributed by atoms with Crippen LogP contribution in [0.15, 0.2) is 12.1 Å². The average Bonchev–Trinajstić information content (AvgIpc) is 3.18. The molecular formula is C18H22F3N5O3. The zero-order valence-electron chi connectivity index (χ0n) is 16.1. The third-order valence-corrected chi connectivity index (χ3v) is 4.56. The Kier molecular flexibility index (Phi) is 6.25. The molecule has 2 heterocycles. The molecule has 3 amide bonds. The molecule has 3 atom stereocenters. The van der Waals surface area contributed by atoms with Crippen LogP contribution in [0, 0.1) is 17.2 Å². The predicted molar refractivity (Wildman–Crippen MR) is 95.2 cm³/mol. The van der Waals surface area contributed by atoms with Crippen LogP contribution >= 0.6 is 0 Å². The molecule has 1 aliphatic heterocycles. The van der Waals surface area contributed by atoms with Crippen LogP contribution in [0.1, 0.15) is 49.8 Å². The average molecular weight is 413 g/mol. The molecule has 29 heavy (non-hydrogen) atoms. The van der Waals surface area contributed by atoms with Gasteiger partial charge in [-0.25, -0.2) is 0 Å². The maximum absolute atomic E-state index is 12.6. The van der Waals surface area contributed by atoms with Crippen molar-refractivity contribution in [3.8, 4) is 6.07 Å². The van der Waals surface area contributed by atoms with E-state index in [-0.39, 0.29) is 18.0 Å². The molecular weight excluding hydrogens is 391 g/mol. The molecule has 0 saturated carbocycles. The van der Waals surface area contributed by atoms with Crippen molar-refractivity contribution >= 4 is 17.7 Å². The van der Waals surface area contributed by atoms with Gasteiger partial charge in [-0.15, -0.1) is 0 Å². The Balaban J connectivity index is 1.92. The van der Waals surface area contributed by atoms with E-state index in [0.717, 1.165) is 12.1 Å². The maximum atomic E-state index is 12.6. The van der Waals surface area contributed by atoms with Crippen molar-refractivity contribution in [1.29, 1.82) is 5.26 Å². The molecule has 0 bridgehead atoms. The van der Waals surface area contributed by atoms with Gasteiger partial charge in [-0.3, -0.25) is 14.4 Å². The van der Waals surface area contributed by atoms with Crippen molar-refractivity contribution in [3.63, 3.8) is 0 Å². The third-order valence-electron chi connectivity index (χ3n) is 4.56. The molecule has 0 radical (unpaired) electrons. The van der Waals surface area contributed by atoms with E-state index in [1.807, 2.05) is 24.9 Å². The summed E-state index contributed by atoms with van der Waals surface area (Å²) in [5.41, 5.74) is -1.82. The second kappa shape index (κ2) is 8.14. The van der Waals surface area contributed by atoms with Crippen molar-refractivity contribution in [1.82, 2.24) is 20.9 Å². The van der Waals surface area contributed by atoms with Gasteiger partial charge in [0.15, 0.2) is 0 Å². The minimum Gasteiger partial charge on any atom is -0.351 e. The highest BCUT2D eigenvalue weighted by Gasteiger charge is 2.39. The van der Waals surface area contributed by atoms with Crippen LogP contribution in [-0.2, 0) is 15.8 Å². The molecule has 0 aliphatic carbocycles. The number of hydrogen-bond donors (Lipinski definition) is 4. The first kappa shape index (κ1) is 22.3. The molecule has 8 nitrogen and oxygen atoms in total. The summed E-state index contributed by atoms with van der Waals surface area (Å²) in [5, 5.41) is 16.8. The fourth-order valence-corrected chi connectivity index (χ4v) is 3.14. The van der Waals surface area contributed by atoms with E-state index in [9.17, 15) is 32.8 Å². The lowest BCUT2D eigenvalue weighted by Gasteiger charge is -2.19. The van der Waals surface area contributed by atoms with Gasteiger partial charge in [-0.05, 0) is 45.7 Å². The summed E-state index contributed by atoms with van der Waals surface area (Å²) in [6.07, 6.45) is -3.99. The number of alkyl halides is 3. The van der Waals surface area contributed by atoms with Crippen molar-refractivity contribution < 1.29 is 27.6 Å². The van der Waals surface area contributed by atoms with Gasteiger partial charge in [0.2, 0.25) is 11.8 Å². The lowest BCUT2D eigenvalue weighted by atomic mass is 9.92. The van der Waals surface area contributed by atoms with Gasteiger partial charge in [-0.2, -0.15) is 18.4 Å². The minimum atomic E-state index is -4.62. The Morgan fingerprint density at radius 3 is 2.48 bits per heavy atom. The Labute approximate surface area is 165 Å². The molecule has 2 rings (SSSR count). The zero-order chi connectivity index (χ0) is 22.0. The van der Waals surface area contributed by atoms with Gasteiger partial charge in [0.1, 0.15) is 23.5 Å². The Morgan fingerprint density at radius 2 is 2.00 bits per heavy atom. The van der Waals surface area contributed by atoms with Crippen LogP contribution in [0.25, 0.3) is 0 Å². The van der Waals surface area contributed by atoms with E-state index < -0.39 is 47.2 Å². The Hall–Kier alpha value is -3.03. The number of rotatable bonds is 6. The number of carbonyl (C=O) groups is 3. The summed E-state index contributed by atoms with van der Waals surface area (Å²) in [4.78, 5) is 38.2. The van der Waals surface area contributed by atoms with Crippen molar-refractivity contribution in [3.05, 3.63) is 23.5 Å². The fourth-order valence-electron chi connectivity index (χ4n) is 3.14. The largest absolute Gasteiger partial charge is 0.431 e. The monoisotopic (exact) mass is 413 g/mol. The number of carbonyl (C=O) groups excluding carboxylic acids is 3. The summed E-state index contributed by atoms with van der Waals surface area (Å²) in [6.45, 7) is 5.04. The van der Waals surface area contributed by atoms with Crippen molar-refractivity contribution in [2.45, 2.75) is 57.4 Å². The second-order valence-electron chi connectivity index (χ2n) is 7.68. The first-order valence-electron chi connectivity index (χ1n) is 8.91. The Bertz CT molecular complexity index is 841. The van der Waals surface area contributed by atoms with Gasteiger partial charge in [-0.1, -0.05) is 0 Å². The quantitative estimate of drug-likeness (QED) is 0.563. The molecule has 11 heteroatoms. The molecule has 1 fully saturated rings. The van der Waals surface area contributed by atoms with E-state index in [1.165, 1.54) is 6.92 Å². The van der Waals surface area contributed by atoms with Crippen molar-refractivity contribution in [2.75, 3.05) is 0 Å². The molecule has 1 unspecified atom stereocenters. The zero-order valence-corrected chi connectivity index (χ0v) is 16.1. The van der Waals surface area contributed by atoms with Crippen LogP contribution in [0.5, 0.6) is 0 Å². The van der Waals surface area contributed by atoms with Crippen LogP contribution in [0.2, 0.25) is 0 Å². The number of nitriles is 1. The summed E-state index contributed by atoms with van der Waals surface area (Å²) in [5.74, 6) is -2.21. The second-order valence-corrected chi connectivity index (χ2v) is 7.68. The number of aromatic nitrogens is 1. The topological polar surface area (TPSA) is 127 Å². The van der Waals surface area contributed by atoms with E-state index in [0.29, 0.717) is 6.42 Å². The molecule has 0 spiro atoms.